The van der Waals surface area contributed by atoms with Gasteiger partial charge in [-0.25, -0.2) is 8.42 Å². The zero-order chi connectivity index (χ0) is 22.3. The van der Waals surface area contributed by atoms with Gasteiger partial charge in [-0.2, -0.15) is 0 Å². The molecule has 30 heavy (non-hydrogen) atoms. The lowest BCUT2D eigenvalue weighted by Crippen LogP contribution is -2.51. The maximum absolute atomic E-state index is 13.3. The molecule has 0 heterocycles. The Bertz CT molecular complexity index is 983. The number of amides is 2. The highest BCUT2D eigenvalue weighted by atomic mass is 79.9. The van der Waals surface area contributed by atoms with E-state index in [0.717, 1.165) is 16.1 Å². The van der Waals surface area contributed by atoms with Gasteiger partial charge in [0, 0.05) is 18.1 Å². The van der Waals surface area contributed by atoms with E-state index < -0.39 is 28.5 Å². The average Bonchev–Trinajstić information content (AvgIpc) is 2.72. The quantitative estimate of drug-likeness (QED) is 0.579. The summed E-state index contributed by atoms with van der Waals surface area (Å²) in [5.74, 6) is -0.760. The number of likely N-dealkylation sites (N-methyl/N-ethyl adjacent to an activating group) is 1. The molecule has 0 aliphatic carbocycles. The maximum Gasteiger partial charge on any atom is 0.244 e. The molecule has 2 aromatic rings. The molecule has 0 bridgehead atoms. The summed E-state index contributed by atoms with van der Waals surface area (Å²) < 4.78 is 26.6. The van der Waals surface area contributed by atoms with Gasteiger partial charge in [-0.05, 0) is 40.0 Å². The van der Waals surface area contributed by atoms with Gasteiger partial charge in [-0.3, -0.25) is 13.9 Å². The molecule has 9 heteroatoms. The first kappa shape index (κ1) is 23.9. The number of nitrogens with zero attached hydrogens (tertiary/aromatic N) is 2. The molecule has 1 N–H and O–H groups in total. The number of benzene rings is 2. The zero-order valence-corrected chi connectivity index (χ0v) is 19.6. The van der Waals surface area contributed by atoms with E-state index in [2.05, 4.69) is 21.2 Å². The molecule has 2 rings (SSSR count). The normalized spacial score (nSPS) is 12.1. The largest absolute Gasteiger partial charge is 0.357 e. The third kappa shape index (κ3) is 6.06. The van der Waals surface area contributed by atoms with Crippen LogP contribution in [0.1, 0.15) is 18.9 Å². The van der Waals surface area contributed by atoms with Crippen molar-refractivity contribution in [1.29, 1.82) is 0 Å². The summed E-state index contributed by atoms with van der Waals surface area (Å²) in [7, 11) is -2.23. The number of hydrogen-bond acceptors (Lipinski definition) is 4. The van der Waals surface area contributed by atoms with Gasteiger partial charge in [0.25, 0.3) is 0 Å². The van der Waals surface area contributed by atoms with E-state index in [1.165, 1.54) is 11.9 Å². The van der Waals surface area contributed by atoms with Crippen LogP contribution in [0.25, 0.3) is 0 Å². The van der Waals surface area contributed by atoms with Gasteiger partial charge in [0.2, 0.25) is 21.8 Å². The smallest absolute Gasteiger partial charge is 0.244 e. The van der Waals surface area contributed by atoms with E-state index in [-0.39, 0.29) is 12.5 Å². The standard InChI is InChI=1S/C21H26BrN3O4S/c1-4-18(21(27)23-2)24(14-16-10-6-5-7-11-16)20(26)15-25(30(3,28)29)19-13-9-8-12-17(19)22/h5-13,18H,4,14-15H2,1-3H3,(H,23,27)/t18-/m1/s1. The first-order valence-corrected chi connectivity index (χ1v) is 12.1. The van der Waals surface area contributed by atoms with Crippen molar-refractivity contribution >= 4 is 43.5 Å². The lowest BCUT2D eigenvalue weighted by Gasteiger charge is -2.32. The van der Waals surface area contributed by atoms with Crippen molar-refractivity contribution in [3.8, 4) is 0 Å². The summed E-state index contributed by atoms with van der Waals surface area (Å²) in [6.07, 6.45) is 1.45. The predicted molar refractivity (Wildman–Crippen MR) is 121 cm³/mol. The summed E-state index contributed by atoms with van der Waals surface area (Å²) in [4.78, 5) is 27.2. The second-order valence-electron chi connectivity index (χ2n) is 6.77. The zero-order valence-electron chi connectivity index (χ0n) is 17.2. The lowest BCUT2D eigenvalue weighted by molar-refractivity contribution is -0.140. The average molecular weight is 496 g/mol. The molecule has 0 fully saturated rings. The summed E-state index contributed by atoms with van der Waals surface area (Å²) in [6.45, 7) is 1.59. The Morgan fingerprint density at radius 2 is 1.67 bits per heavy atom. The number of rotatable bonds is 9. The van der Waals surface area contributed by atoms with Crippen molar-refractivity contribution in [1.82, 2.24) is 10.2 Å². The second kappa shape index (κ2) is 10.6. The van der Waals surface area contributed by atoms with E-state index in [9.17, 15) is 18.0 Å². The van der Waals surface area contributed by atoms with Crippen LogP contribution in [-0.4, -0.2) is 51.0 Å². The second-order valence-corrected chi connectivity index (χ2v) is 9.53. The van der Waals surface area contributed by atoms with Gasteiger partial charge in [0.15, 0.2) is 0 Å². The number of para-hydroxylation sites is 1. The number of carbonyl (C=O) groups excluding carboxylic acids is 2. The molecule has 0 aliphatic rings. The first-order chi connectivity index (χ1) is 14.2. The molecule has 0 aliphatic heterocycles. The van der Waals surface area contributed by atoms with Crippen LogP contribution < -0.4 is 9.62 Å². The van der Waals surface area contributed by atoms with Gasteiger partial charge < -0.3 is 10.2 Å². The minimum atomic E-state index is -3.74. The SMILES string of the molecule is CC[C@H](C(=O)NC)N(Cc1ccccc1)C(=O)CN(c1ccccc1Br)S(C)(=O)=O. The van der Waals surface area contributed by atoms with Crippen molar-refractivity contribution in [2.75, 3.05) is 24.2 Å². The Balaban J connectivity index is 2.42. The van der Waals surface area contributed by atoms with E-state index in [1.807, 2.05) is 37.3 Å². The number of hydrogen-bond donors (Lipinski definition) is 1. The molecule has 0 saturated carbocycles. The van der Waals surface area contributed by atoms with Crippen molar-refractivity contribution in [2.45, 2.75) is 25.9 Å². The number of sulfonamides is 1. The number of nitrogens with one attached hydrogen (secondary N) is 1. The molecular formula is C21H26BrN3O4S. The van der Waals surface area contributed by atoms with Crippen LogP contribution in [0.5, 0.6) is 0 Å². The highest BCUT2D eigenvalue weighted by Crippen LogP contribution is 2.28. The highest BCUT2D eigenvalue weighted by molar-refractivity contribution is 9.10. The van der Waals surface area contributed by atoms with Gasteiger partial charge in [-0.1, -0.05) is 49.4 Å². The van der Waals surface area contributed by atoms with Crippen LogP contribution in [0.4, 0.5) is 5.69 Å². The molecular weight excluding hydrogens is 470 g/mol. The third-order valence-corrected chi connectivity index (χ3v) is 6.43. The minimum absolute atomic E-state index is 0.194. The summed E-state index contributed by atoms with van der Waals surface area (Å²) in [6, 6.07) is 15.4. The van der Waals surface area contributed by atoms with Gasteiger partial charge in [0.1, 0.15) is 12.6 Å². The lowest BCUT2D eigenvalue weighted by atomic mass is 10.1. The molecule has 0 saturated heterocycles. The fraction of sp³-hybridized carbons (Fsp3) is 0.333. The predicted octanol–water partition coefficient (Wildman–Crippen LogP) is 2.77. The van der Waals surface area contributed by atoms with E-state index >= 15 is 0 Å². The van der Waals surface area contributed by atoms with Crippen LogP contribution in [-0.2, 0) is 26.2 Å². The molecule has 7 nitrogen and oxygen atoms in total. The number of anilines is 1. The van der Waals surface area contributed by atoms with Crippen molar-refractivity contribution in [2.24, 2.45) is 0 Å². The minimum Gasteiger partial charge on any atom is -0.357 e. The molecule has 2 amide bonds. The molecule has 0 radical (unpaired) electrons. The Kier molecular flexibility index (Phi) is 8.43. The van der Waals surface area contributed by atoms with Gasteiger partial charge >= 0.3 is 0 Å². The molecule has 0 aromatic heterocycles. The monoisotopic (exact) mass is 495 g/mol. The molecule has 0 unspecified atom stereocenters. The Labute approximate surface area is 186 Å². The van der Waals surface area contributed by atoms with Crippen LogP contribution >= 0.6 is 15.9 Å². The fourth-order valence-corrected chi connectivity index (χ4v) is 4.59. The van der Waals surface area contributed by atoms with E-state index in [0.29, 0.717) is 16.6 Å². The number of halogens is 1. The van der Waals surface area contributed by atoms with Crippen molar-refractivity contribution in [3.63, 3.8) is 0 Å². The van der Waals surface area contributed by atoms with Crippen molar-refractivity contribution < 1.29 is 18.0 Å². The van der Waals surface area contributed by atoms with E-state index in [1.54, 1.807) is 24.3 Å². The third-order valence-electron chi connectivity index (χ3n) is 4.63. The summed E-state index contributed by atoms with van der Waals surface area (Å²) >= 11 is 3.35. The van der Waals surface area contributed by atoms with Crippen LogP contribution in [0.15, 0.2) is 59.1 Å². The summed E-state index contributed by atoms with van der Waals surface area (Å²) in [5.41, 5.74) is 1.21. The molecule has 2 aromatic carbocycles. The highest BCUT2D eigenvalue weighted by Gasteiger charge is 2.31. The Morgan fingerprint density at radius 1 is 1.07 bits per heavy atom. The topological polar surface area (TPSA) is 86.8 Å². The van der Waals surface area contributed by atoms with Crippen LogP contribution in [0.3, 0.4) is 0 Å². The fourth-order valence-electron chi connectivity index (χ4n) is 3.11. The maximum atomic E-state index is 13.3. The van der Waals surface area contributed by atoms with Gasteiger partial charge in [-0.15, -0.1) is 0 Å². The van der Waals surface area contributed by atoms with Crippen molar-refractivity contribution in [3.05, 3.63) is 64.6 Å². The Morgan fingerprint density at radius 3 is 2.20 bits per heavy atom. The molecule has 162 valence electrons. The van der Waals surface area contributed by atoms with Crippen LogP contribution in [0.2, 0.25) is 0 Å². The van der Waals surface area contributed by atoms with Crippen LogP contribution in [0, 0.1) is 0 Å². The van der Waals surface area contributed by atoms with E-state index in [4.69, 9.17) is 0 Å². The summed E-state index contributed by atoms with van der Waals surface area (Å²) in [5, 5.41) is 2.59. The van der Waals surface area contributed by atoms with Gasteiger partial charge in [0.05, 0.1) is 11.9 Å². The molecule has 0 spiro atoms. The number of carbonyl (C=O) groups is 2. The Hall–Kier alpha value is -2.39. The molecule has 1 atom stereocenters. The first-order valence-electron chi connectivity index (χ1n) is 9.46.